The second kappa shape index (κ2) is 7.43. The Morgan fingerprint density at radius 1 is 1.16 bits per heavy atom. The highest BCUT2D eigenvalue weighted by molar-refractivity contribution is 7.90. The number of rotatable bonds is 5. The van der Waals surface area contributed by atoms with Gasteiger partial charge in [0.2, 0.25) is 15.9 Å². The summed E-state index contributed by atoms with van der Waals surface area (Å²) in [5, 5.41) is 2.89. The molecule has 1 saturated heterocycles. The fourth-order valence-corrected chi connectivity index (χ4v) is 4.42. The highest BCUT2D eigenvalue weighted by atomic mass is 32.2. The number of sulfone groups is 1. The number of carbonyl (C=O) groups is 1. The van der Waals surface area contributed by atoms with Gasteiger partial charge in [0.25, 0.3) is 0 Å². The number of amides is 1. The van der Waals surface area contributed by atoms with Crippen molar-refractivity contribution in [3.05, 3.63) is 29.8 Å². The Morgan fingerprint density at radius 2 is 1.76 bits per heavy atom. The summed E-state index contributed by atoms with van der Waals surface area (Å²) in [6.07, 6.45) is 3.60. The van der Waals surface area contributed by atoms with Gasteiger partial charge >= 0.3 is 0 Å². The molecule has 9 heteroatoms. The molecule has 7 nitrogen and oxygen atoms in total. The Kier molecular flexibility index (Phi) is 5.90. The van der Waals surface area contributed by atoms with Crippen molar-refractivity contribution >= 4 is 25.8 Å². The lowest BCUT2D eigenvalue weighted by molar-refractivity contribution is -0.126. The first-order chi connectivity index (χ1) is 11.5. The van der Waals surface area contributed by atoms with Crippen LogP contribution in [-0.4, -0.2) is 52.6 Å². The second-order valence-corrected chi connectivity index (χ2v) is 10.5. The molecule has 2 atom stereocenters. The molecular weight excluding hydrogens is 364 g/mol. The van der Waals surface area contributed by atoms with Gasteiger partial charge in [0.1, 0.15) is 0 Å². The number of hydrogen-bond donors (Lipinski definition) is 1. The van der Waals surface area contributed by atoms with Gasteiger partial charge in [-0.25, -0.2) is 21.1 Å². The van der Waals surface area contributed by atoms with Gasteiger partial charge < -0.3 is 5.32 Å². The minimum Gasteiger partial charge on any atom is -0.349 e. The fraction of sp³-hybridized carbons (Fsp3) is 0.562. The smallest absolute Gasteiger partial charge is 0.224 e. The first-order valence-electron chi connectivity index (χ1n) is 8.04. The van der Waals surface area contributed by atoms with Crippen LogP contribution in [0.2, 0.25) is 0 Å². The van der Waals surface area contributed by atoms with E-state index in [-0.39, 0.29) is 29.3 Å². The maximum atomic E-state index is 12.5. The lowest BCUT2D eigenvalue weighted by Crippen LogP contribution is -2.45. The SMILES string of the molecule is C[C@@H](NC(=O)[C@@H]1CCCN(S(C)(=O)=O)C1)c1ccc(S(C)(=O)=O)cc1. The van der Waals surface area contributed by atoms with Gasteiger partial charge in [-0.2, -0.15) is 0 Å². The van der Waals surface area contributed by atoms with E-state index in [4.69, 9.17) is 0 Å². The fourth-order valence-electron chi connectivity index (χ4n) is 2.88. The molecule has 0 saturated carbocycles. The van der Waals surface area contributed by atoms with Crippen molar-refractivity contribution in [2.24, 2.45) is 5.92 Å². The van der Waals surface area contributed by atoms with Crippen LogP contribution in [0.4, 0.5) is 0 Å². The summed E-state index contributed by atoms with van der Waals surface area (Å²) in [6, 6.07) is 6.07. The van der Waals surface area contributed by atoms with E-state index < -0.39 is 19.9 Å². The Bertz CT molecular complexity index is 832. The number of sulfonamides is 1. The number of nitrogens with one attached hydrogen (secondary N) is 1. The number of piperidine rings is 1. The van der Waals surface area contributed by atoms with Crippen molar-refractivity contribution < 1.29 is 21.6 Å². The molecule has 1 amide bonds. The highest BCUT2D eigenvalue weighted by Gasteiger charge is 2.30. The summed E-state index contributed by atoms with van der Waals surface area (Å²) in [4.78, 5) is 12.7. The van der Waals surface area contributed by atoms with Gasteiger partial charge in [0.05, 0.1) is 23.1 Å². The van der Waals surface area contributed by atoms with Crippen LogP contribution in [0.25, 0.3) is 0 Å². The number of nitrogens with zero attached hydrogens (tertiary/aromatic N) is 1. The number of hydrogen-bond acceptors (Lipinski definition) is 5. The molecular formula is C16H24N2O5S2. The van der Waals surface area contributed by atoms with Gasteiger partial charge in [-0.3, -0.25) is 4.79 Å². The van der Waals surface area contributed by atoms with Crippen molar-refractivity contribution in [2.75, 3.05) is 25.6 Å². The molecule has 0 aromatic heterocycles. The number of benzene rings is 1. The Hall–Kier alpha value is -1.45. The zero-order valence-electron chi connectivity index (χ0n) is 14.6. The highest BCUT2D eigenvalue weighted by Crippen LogP contribution is 2.21. The van der Waals surface area contributed by atoms with Crippen molar-refractivity contribution in [1.82, 2.24) is 9.62 Å². The van der Waals surface area contributed by atoms with Crippen LogP contribution in [0.15, 0.2) is 29.2 Å². The van der Waals surface area contributed by atoms with Crippen molar-refractivity contribution in [1.29, 1.82) is 0 Å². The molecule has 1 aliphatic heterocycles. The molecule has 0 aliphatic carbocycles. The minimum atomic E-state index is -3.30. The maximum Gasteiger partial charge on any atom is 0.224 e. The van der Waals surface area contributed by atoms with Gasteiger partial charge in [-0.1, -0.05) is 12.1 Å². The average Bonchev–Trinajstić information content (AvgIpc) is 2.53. The van der Waals surface area contributed by atoms with Crippen molar-refractivity contribution in [3.63, 3.8) is 0 Å². The van der Waals surface area contributed by atoms with E-state index in [1.165, 1.54) is 16.4 Å². The summed E-state index contributed by atoms with van der Waals surface area (Å²) >= 11 is 0. The zero-order valence-corrected chi connectivity index (χ0v) is 16.2. The lowest BCUT2D eigenvalue weighted by atomic mass is 9.98. The van der Waals surface area contributed by atoms with Gasteiger partial charge in [-0.15, -0.1) is 0 Å². The van der Waals surface area contributed by atoms with E-state index in [0.717, 1.165) is 18.1 Å². The average molecular weight is 389 g/mol. The second-order valence-electron chi connectivity index (χ2n) is 6.53. The van der Waals surface area contributed by atoms with E-state index in [1.54, 1.807) is 12.1 Å². The lowest BCUT2D eigenvalue weighted by Gasteiger charge is -2.30. The molecule has 1 aliphatic rings. The minimum absolute atomic E-state index is 0.187. The normalized spacial score (nSPS) is 20.8. The van der Waals surface area contributed by atoms with Gasteiger partial charge in [-0.05, 0) is 37.5 Å². The van der Waals surface area contributed by atoms with E-state index in [1.807, 2.05) is 6.92 Å². The third kappa shape index (κ3) is 5.26. The van der Waals surface area contributed by atoms with Crippen LogP contribution >= 0.6 is 0 Å². The molecule has 1 aromatic carbocycles. The molecule has 0 spiro atoms. The summed E-state index contributed by atoms with van der Waals surface area (Å²) < 4.78 is 47.6. The Labute approximate surface area is 149 Å². The summed E-state index contributed by atoms with van der Waals surface area (Å²) in [7, 11) is -6.55. The number of carbonyl (C=O) groups excluding carboxylic acids is 1. The molecule has 1 heterocycles. The maximum absolute atomic E-state index is 12.5. The van der Waals surface area contributed by atoms with Gasteiger partial charge in [0.15, 0.2) is 9.84 Å². The topological polar surface area (TPSA) is 101 Å². The van der Waals surface area contributed by atoms with Gasteiger partial charge in [0, 0.05) is 19.3 Å². The Balaban J connectivity index is 2.02. The summed E-state index contributed by atoms with van der Waals surface area (Å²) in [5.41, 5.74) is 0.788. The molecule has 2 rings (SSSR count). The largest absolute Gasteiger partial charge is 0.349 e. The van der Waals surface area contributed by atoms with Crippen LogP contribution < -0.4 is 5.32 Å². The summed E-state index contributed by atoms with van der Waals surface area (Å²) in [5.74, 6) is -0.561. The predicted molar refractivity (Wildman–Crippen MR) is 95.3 cm³/mol. The molecule has 0 unspecified atom stereocenters. The predicted octanol–water partition coefficient (Wildman–Crippen LogP) is 0.939. The quantitative estimate of drug-likeness (QED) is 0.809. The molecule has 140 valence electrons. The first kappa shape index (κ1) is 19.9. The zero-order chi connectivity index (χ0) is 18.8. The van der Waals surface area contributed by atoms with Crippen LogP contribution in [0.3, 0.4) is 0 Å². The van der Waals surface area contributed by atoms with Crippen LogP contribution in [-0.2, 0) is 24.7 Å². The molecule has 0 radical (unpaired) electrons. The van der Waals surface area contributed by atoms with E-state index in [0.29, 0.717) is 19.4 Å². The van der Waals surface area contributed by atoms with Crippen LogP contribution in [0.5, 0.6) is 0 Å². The molecule has 0 bridgehead atoms. The van der Waals surface area contributed by atoms with Crippen molar-refractivity contribution in [3.8, 4) is 0 Å². The monoisotopic (exact) mass is 388 g/mol. The third-order valence-corrected chi connectivity index (χ3v) is 6.79. The summed E-state index contributed by atoms with van der Waals surface area (Å²) in [6.45, 7) is 2.46. The molecule has 1 N–H and O–H groups in total. The van der Waals surface area contributed by atoms with E-state index in [9.17, 15) is 21.6 Å². The molecule has 25 heavy (non-hydrogen) atoms. The molecule has 1 fully saturated rings. The van der Waals surface area contributed by atoms with E-state index in [2.05, 4.69) is 5.32 Å². The first-order valence-corrected chi connectivity index (χ1v) is 11.8. The van der Waals surface area contributed by atoms with Crippen LogP contribution in [0, 0.1) is 5.92 Å². The van der Waals surface area contributed by atoms with Crippen molar-refractivity contribution in [2.45, 2.75) is 30.7 Å². The third-order valence-electron chi connectivity index (χ3n) is 4.39. The van der Waals surface area contributed by atoms with E-state index >= 15 is 0 Å². The Morgan fingerprint density at radius 3 is 2.28 bits per heavy atom. The standard InChI is InChI=1S/C16H24N2O5S2/c1-12(13-6-8-15(9-7-13)24(2,20)21)17-16(19)14-5-4-10-18(11-14)25(3,22)23/h6-9,12,14H,4-5,10-11H2,1-3H3,(H,17,19)/t12-,14-/m1/s1. The van der Waals surface area contributed by atoms with Crippen LogP contribution in [0.1, 0.15) is 31.4 Å². The molecule has 1 aromatic rings.